The van der Waals surface area contributed by atoms with Crippen LogP contribution in [0.3, 0.4) is 0 Å². The van der Waals surface area contributed by atoms with Crippen molar-refractivity contribution in [3.05, 3.63) is 52.7 Å². The first kappa shape index (κ1) is 11.7. The van der Waals surface area contributed by atoms with Gasteiger partial charge in [-0.2, -0.15) is 0 Å². The number of carbonyl (C=O) groups excluding carboxylic acids is 1. The minimum Gasteiger partial charge on any atom is -0.444 e. The van der Waals surface area contributed by atoms with Crippen LogP contribution in [-0.4, -0.2) is 10.9 Å². The highest BCUT2D eigenvalue weighted by Crippen LogP contribution is 2.10. The molecule has 0 aliphatic carbocycles. The van der Waals surface area contributed by atoms with Gasteiger partial charge in [-0.3, -0.25) is 4.79 Å². The fourth-order valence-electron chi connectivity index (χ4n) is 1.37. The second kappa shape index (κ2) is 5.01. The van der Waals surface area contributed by atoms with Crippen molar-refractivity contribution in [3.8, 4) is 0 Å². The molecule has 0 bridgehead atoms. The third-order valence-electron chi connectivity index (χ3n) is 2.16. The zero-order chi connectivity index (χ0) is 12.3. The van der Waals surface area contributed by atoms with Gasteiger partial charge in [0.15, 0.2) is 0 Å². The molecule has 0 atom stereocenters. The maximum Gasteiger partial charge on any atom is 0.251 e. The second-order valence-corrected chi connectivity index (χ2v) is 3.99. The van der Waals surface area contributed by atoms with Crippen LogP contribution >= 0.6 is 11.6 Å². The molecule has 0 radical (unpaired) electrons. The van der Waals surface area contributed by atoms with E-state index in [0.29, 0.717) is 16.5 Å². The molecule has 88 valence electrons. The van der Waals surface area contributed by atoms with Gasteiger partial charge in [0.25, 0.3) is 5.91 Å². The van der Waals surface area contributed by atoms with Crippen LogP contribution in [0.4, 0.5) is 0 Å². The van der Waals surface area contributed by atoms with Gasteiger partial charge in [0.1, 0.15) is 5.76 Å². The van der Waals surface area contributed by atoms with E-state index in [-0.39, 0.29) is 12.5 Å². The number of aromatic nitrogens is 1. The summed E-state index contributed by atoms with van der Waals surface area (Å²) in [6, 6.07) is 6.75. The van der Waals surface area contributed by atoms with Crippen LogP contribution in [0, 0.1) is 6.92 Å². The Balaban J connectivity index is 1.98. The molecular formula is C12H11ClN2O2. The number of halogens is 1. The lowest BCUT2D eigenvalue weighted by Crippen LogP contribution is -2.22. The molecule has 2 aromatic rings. The number of hydrogen-bond acceptors (Lipinski definition) is 3. The molecule has 1 aromatic carbocycles. The smallest absolute Gasteiger partial charge is 0.251 e. The molecule has 4 nitrogen and oxygen atoms in total. The van der Waals surface area contributed by atoms with E-state index in [4.69, 9.17) is 16.0 Å². The van der Waals surface area contributed by atoms with Gasteiger partial charge in [-0.05, 0) is 25.1 Å². The molecule has 17 heavy (non-hydrogen) atoms. The van der Waals surface area contributed by atoms with E-state index in [1.165, 1.54) is 0 Å². The number of oxazole rings is 1. The van der Waals surface area contributed by atoms with Crippen LogP contribution in [0.1, 0.15) is 22.0 Å². The predicted molar refractivity (Wildman–Crippen MR) is 63.9 cm³/mol. The summed E-state index contributed by atoms with van der Waals surface area (Å²) in [4.78, 5) is 15.7. The first-order chi connectivity index (χ1) is 8.15. The van der Waals surface area contributed by atoms with Crippen molar-refractivity contribution >= 4 is 17.5 Å². The highest BCUT2D eigenvalue weighted by atomic mass is 35.5. The van der Waals surface area contributed by atoms with Gasteiger partial charge in [0.05, 0.1) is 12.7 Å². The number of nitrogens with zero attached hydrogens (tertiary/aromatic N) is 1. The lowest BCUT2D eigenvalue weighted by Gasteiger charge is -2.02. The Morgan fingerprint density at radius 2 is 2.35 bits per heavy atom. The molecule has 1 heterocycles. The number of nitrogens with one attached hydrogen (secondary N) is 1. The number of benzene rings is 1. The molecule has 0 aliphatic heterocycles. The minimum atomic E-state index is -0.205. The first-order valence-electron chi connectivity index (χ1n) is 5.10. The van der Waals surface area contributed by atoms with Crippen LogP contribution < -0.4 is 5.32 Å². The summed E-state index contributed by atoms with van der Waals surface area (Å²) in [6.07, 6.45) is 1.61. The monoisotopic (exact) mass is 250 g/mol. The zero-order valence-corrected chi connectivity index (χ0v) is 9.99. The standard InChI is InChI=1S/C12H11ClN2O2/c1-8-6-14-11(17-8)7-15-12(16)9-3-2-4-10(13)5-9/h2-6H,7H2,1H3,(H,15,16). The summed E-state index contributed by atoms with van der Waals surface area (Å²) < 4.78 is 5.24. The largest absolute Gasteiger partial charge is 0.444 e. The number of carbonyl (C=O) groups is 1. The summed E-state index contributed by atoms with van der Waals surface area (Å²) in [5.41, 5.74) is 0.515. The topological polar surface area (TPSA) is 55.1 Å². The fourth-order valence-corrected chi connectivity index (χ4v) is 1.56. The second-order valence-electron chi connectivity index (χ2n) is 3.56. The van der Waals surface area contributed by atoms with Gasteiger partial charge < -0.3 is 9.73 Å². The number of hydrogen-bond donors (Lipinski definition) is 1. The van der Waals surface area contributed by atoms with Gasteiger partial charge in [-0.15, -0.1) is 0 Å². The van der Waals surface area contributed by atoms with E-state index in [1.807, 2.05) is 0 Å². The molecule has 0 unspecified atom stereocenters. The molecule has 1 amide bonds. The van der Waals surface area contributed by atoms with E-state index in [0.717, 1.165) is 5.76 Å². The number of aryl methyl sites for hydroxylation is 1. The highest BCUT2D eigenvalue weighted by molar-refractivity contribution is 6.30. The van der Waals surface area contributed by atoms with E-state index >= 15 is 0 Å². The van der Waals surface area contributed by atoms with Crippen molar-refractivity contribution < 1.29 is 9.21 Å². The van der Waals surface area contributed by atoms with E-state index in [9.17, 15) is 4.79 Å². The SMILES string of the molecule is Cc1cnc(CNC(=O)c2cccc(Cl)c2)o1. The molecule has 0 aliphatic rings. The van der Waals surface area contributed by atoms with Crippen LogP contribution in [0.5, 0.6) is 0 Å². The average molecular weight is 251 g/mol. The molecule has 1 N–H and O–H groups in total. The van der Waals surface area contributed by atoms with Gasteiger partial charge in [0.2, 0.25) is 5.89 Å². The quantitative estimate of drug-likeness (QED) is 0.911. The van der Waals surface area contributed by atoms with Crippen molar-refractivity contribution in [1.82, 2.24) is 10.3 Å². The maximum absolute atomic E-state index is 11.7. The van der Waals surface area contributed by atoms with Gasteiger partial charge in [-0.1, -0.05) is 17.7 Å². The van der Waals surface area contributed by atoms with Crippen molar-refractivity contribution in [1.29, 1.82) is 0 Å². The minimum absolute atomic E-state index is 0.205. The Morgan fingerprint density at radius 3 is 3.00 bits per heavy atom. The van der Waals surface area contributed by atoms with Crippen molar-refractivity contribution in [3.63, 3.8) is 0 Å². The molecule has 5 heteroatoms. The van der Waals surface area contributed by atoms with Gasteiger partial charge >= 0.3 is 0 Å². The molecule has 0 spiro atoms. The first-order valence-corrected chi connectivity index (χ1v) is 5.48. The maximum atomic E-state index is 11.7. The van der Waals surface area contributed by atoms with Crippen molar-refractivity contribution in [2.24, 2.45) is 0 Å². The number of rotatable bonds is 3. The van der Waals surface area contributed by atoms with Crippen molar-refractivity contribution in [2.75, 3.05) is 0 Å². The average Bonchev–Trinajstić information content (AvgIpc) is 2.72. The molecule has 1 aromatic heterocycles. The Hall–Kier alpha value is -1.81. The third-order valence-corrected chi connectivity index (χ3v) is 2.39. The molecule has 2 rings (SSSR count). The molecule has 0 saturated carbocycles. The van der Waals surface area contributed by atoms with Gasteiger partial charge in [-0.25, -0.2) is 4.98 Å². The molecular weight excluding hydrogens is 240 g/mol. The summed E-state index contributed by atoms with van der Waals surface area (Å²) in [6.45, 7) is 2.06. The lowest BCUT2D eigenvalue weighted by molar-refractivity contribution is 0.0947. The fraction of sp³-hybridized carbons (Fsp3) is 0.167. The highest BCUT2D eigenvalue weighted by Gasteiger charge is 2.07. The summed E-state index contributed by atoms with van der Waals surface area (Å²) in [7, 11) is 0. The summed E-state index contributed by atoms with van der Waals surface area (Å²) >= 11 is 5.80. The Morgan fingerprint density at radius 1 is 1.53 bits per heavy atom. The van der Waals surface area contributed by atoms with Crippen LogP contribution in [-0.2, 0) is 6.54 Å². The molecule has 0 fully saturated rings. The van der Waals surface area contributed by atoms with E-state index in [1.54, 1.807) is 37.4 Å². The zero-order valence-electron chi connectivity index (χ0n) is 9.24. The number of amides is 1. The Labute approximate surface area is 104 Å². The van der Waals surface area contributed by atoms with Gasteiger partial charge in [0, 0.05) is 10.6 Å². The van der Waals surface area contributed by atoms with E-state index < -0.39 is 0 Å². The summed E-state index contributed by atoms with van der Waals surface area (Å²) in [5, 5.41) is 3.23. The predicted octanol–water partition coefficient (Wildman–Crippen LogP) is 2.57. The van der Waals surface area contributed by atoms with Crippen LogP contribution in [0.2, 0.25) is 5.02 Å². The third kappa shape index (κ3) is 3.07. The van der Waals surface area contributed by atoms with E-state index in [2.05, 4.69) is 10.3 Å². The lowest BCUT2D eigenvalue weighted by atomic mass is 10.2. The molecule has 0 saturated heterocycles. The van der Waals surface area contributed by atoms with Crippen molar-refractivity contribution in [2.45, 2.75) is 13.5 Å². The van der Waals surface area contributed by atoms with Crippen LogP contribution in [0.25, 0.3) is 0 Å². The Bertz CT molecular complexity index is 537. The Kier molecular flexibility index (Phi) is 3.44. The normalized spacial score (nSPS) is 10.2. The summed E-state index contributed by atoms with van der Waals surface area (Å²) in [5.74, 6) is 0.998. The van der Waals surface area contributed by atoms with Crippen LogP contribution in [0.15, 0.2) is 34.9 Å².